The van der Waals surface area contributed by atoms with Gasteiger partial charge in [0.2, 0.25) is 11.2 Å². The topological polar surface area (TPSA) is 51.1 Å². The van der Waals surface area contributed by atoms with Crippen LogP contribution >= 0.6 is 11.6 Å². The standard InChI is InChI=1S/C15H17ClN4O/c1-2-11-7-3-4-8-12(11)21-15-18-13(16)17-14(19-15)20-9-5-6-10-20/h3-4,7-8H,2,5-6,9-10H2,1H3. The van der Waals surface area contributed by atoms with Gasteiger partial charge in [-0.15, -0.1) is 0 Å². The average molecular weight is 305 g/mol. The van der Waals surface area contributed by atoms with Crippen molar-refractivity contribution in [2.24, 2.45) is 0 Å². The third-order valence-corrected chi connectivity index (χ3v) is 3.69. The lowest BCUT2D eigenvalue weighted by Crippen LogP contribution is -2.21. The Morgan fingerprint density at radius 1 is 1.14 bits per heavy atom. The van der Waals surface area contributed by atoms with Crippen LogP contribution in [0, 0.1) is 0 Å². The first-order valence-electron chi connectivity index (χ1n) is 7.18. The zero-order valence-corrected chi connectivity index (χ0v) is 12.7. The molecule has 0 atom stereocenters. The van der Waals surface area contributed by atoms with Gasteiger partial charge >= 0.3 is 6.01 Å². The molecule has 0 unspecified atom stereocenters. The number of anilines is 1. The van der Waals surface area contributed by atoms with Crippen molar-refractivity contribution in [2.45, 2.75) is 26.2 Å². The van der Waals surface area contributed by atoms with Crippen molar-refractivity contribution < 1.29 is 4.74 Å². The van der Waals surface area contributed by atoms with Gasteiger partial charge in [0, 0.05) is 13.1 Å². The maximum Gasteiger partial charge on any atom is 0.328 e. The fraction of sp³-hybridized carbons (Fsp3) is 0.400. The van der Waals surface area contributed by atoms with Crippen LogP contribution in [-0.2, 0) is 6.42 Å². The summed E-state index contributed by atoms with van der Waals surface area (Å²) in [5.41, 5.74) is 1.11. The summed E-state index contributed by atoms with van der Waals surface area (Å²) in [6, 6.07) is 8.10. The Labute approximate surface area is 129 Å². The molecule has 5 nitrogen and oxygen atoms in total. The Bertz CT molecular complexity index is 629. The van der Waals surface area contributed by atoms with Gasteiger partial charge in [-0.2, -0.15) is 15.0 Å². The second kappa shape index (κ2) is 6.26. The number of aromatic nitrogens is 3. The van der Waals surface area contributed by atoms with Gasteiger partial charge in [0.05, 0.1) is 0 Å². The van der Waals surface area contributed by atoms with E-state index in [2.05, 4.69) is 26.8 Å². The highest BCUT2D eigenvalue weighted by atomic mass is 35.5. The van der Waals surface area contributed by atoms with Gasteiger partial charge in [0.15, 0.2) is 0 Å². The van der Waals surface area contributed by atoms with Crippen LogP contribution in [0.15, 0.2) is 24.3 Å². The molecule has 2 heterocycles. The van der Waals surface area contributed by atoms with E-state index in [1.54, 1.807) is 0 Å². The zero-order valence-electron chi connectivity index (χ0n) is 11.9. The highest BCUT2D eigenvalue weighted by Gasteiger charge is 2.18. The molecule has 1 aromatic carbocycles. The van der Waals surface area contributed by atoms with Gasteiger partial charge in [-0.3, -0.25) is 0 Å². The molecule has 21 heavy (non-hydrogen) atoms. The molecular formula is C15H17ClN4O. The lowest BCUT2D eigenvalue weighted by Gasteiger charge is -2.15. The van der Waals surface area contributed by atoms with Crippen LogP contribution in [-0.4, -0.2) is 28.0 Å². The summed E-state index contributed by atoms with van der Waals surface area (Å²) in [5.74, 6) is 1.35. The minimum atomic E-state index is 0.163. The summed E-state index contributed by atoms with van der Waals surface area (Å²) >= 11 is 6.00. The minimum absolute atomic E-state index is 0.163. The summed E-state index contributed by atoms with van der Waals surface area (Å²) in [7, 11) is 0. The predicted octanol–water partition coefficient (Wildman–Crippen LogP) is 3.48. The average Bonchev–Trinajstić information content (AvgIpc) is 3.01. The molecule has 1 aromatic heterocycles. The van der Waals surface area contributed by atoms with Crippen molar-refractivity contribution in [3.63, 3.8) is 0 Å². The van der Waals surface area contributed by atoms with Crippen LogP contribution in [0.3, 0.4) is 0 Å². The fourth-order valence-electron chi connectivity index (χ4n) is 2.42. The van der Waals surface area contributed by atoms with Crippen LogP contribution in [0.25, 0.3) is 0 Å². The highest BCUT2D eigenvalue weighted by molar-refractivity contribution is 6.28. The Morgan fingerprint density at radius 2 is 1.90 bits per heavy atom. The van der Waals surface area contributed by atoms with Gasteiger partial charge in [-0.1, -0.05) is 25.1 Å². The summed E-state index contributed by atoms with van der Waals surface area (Å²) < 4.78 is 5.81. The van der Waals surface area contributed by atoms with Crippen LogP contribution in [0.2, 0.25) is 5.28 Å². The minimum Gasteiger partial charge on any atom is -0.424 e. The molecule has 1 aliphatic rings. The van der Waals surface area contributed by atoms with E-state index in [1.807, 2.05) is 24.3 Å². The number of para-hydroxylation sites is 1. The lowest BCUT2D eigenvalue weighted by atomic mass is 10.1. The first-order valence-corrected chi connectivity index (χ1v) is 7.56. The first kappa shape index (κ1) is 14.1. The molecule has 1 fully saturated rings. The van der Waals surface area contributed by atoms with E-state index in [4.69, 9.17) is 16.3 Å². The van der Waals surface area contributed by atoms with E-state index in [-0.39, 0.29) is 11.3 Å². The zero-order chi connectivity index (χ0) is 14.7. The van der Waals surface area contributed by atoms with E-state index < -0.39 is 0 Å². The first-order chi connectivity index (χ1) is 10.3. The Morgan fingerprint density at radius 3 is 2.67 bits per heavy atom. The number of hydrogen-bond donors (Lipinski definition) is 0. The molecule has 2 aromatic rings. The highest BCUT2D eigenvalue weighted by Crippen LogP contribution is 2.26. The molecule has 6 heteroatoms. The number of nitrogens with zero attached hydrogens (tertiary/aromatic N) is 4. The second-order valence-corrected chi connectivity index (χ2v) is 5.28. The predicted molar refractivity (Wildman–Crippen MR) is 82.2 cm³/mol. The Kier molecular flexibility index (Phi) is 4.20. The van der Waals surface area contributed by atoms with Gasteiger partial charge in [-0.25, -0.2) is 0 Å². The summed E-state index contributed by atoms with van der Waals surface area (Å²) in [6.45, 7) is 3.98. The molecular weight excluding hydrogens is 288 g/mol. The maximum atomic E-state index is 6.00. The van der Waals surface area contributed by atoms with Crippen molar-refractivity contribution in [1.82, 2.24) is 15.0 Å². The van der Waals surface area contributed by atoms with Crippen molar-refractivity contribution in [3.8, 4) is 11.8 Å². The third kappa shape index (κ3) is 3.24. The fourth-order valence-corrected chi connectivity index (χ4v) is 2.57. The number of hydrogen-bond acceptors (Lipinski definition) is 5. The molecule has 0 radical (unpaired) electrons. The number of ether oxygens (including phenoxy) is 1. The Hall–Kier alpha value is -1.88. The molecule has 0 saturated carbocycles. The van der Waals surface area contributed by atoms with Gasteiger partial charge in [0.1, 0.15) is 5.75 Å². The SMILES string of the molecule is CCc1ccccc1Oc1nc(Cl)nc(N2CCCC2)n1. The van der Waals surface area contributed by atoms with Crippen LogP contribution in [0.5, 0.6) is 11.8 Å². The normalized spacial score (nSPS) is 14.5. The van der Waals surface area contributed by atoms with E-state index in [0.717, 1.165) is 43.7 Å². The van der Waals surface area contributed by atoms with Crippen molar-refractivity contribution >= 4 is 17.5 Å². The molecule has 0 amide bonds. The smallest absolute Gasteiger partial charge is 0.328 e. The van der Waals surface area contributed by atoms with E-state index in [0.29, 0.717) is 5.95 Å². The molecule has 0 bridgehead atoms. The van der Waals surface area contributed by atoms with Crippen LogP contribution in [0.1, 0.15) is 25.3 Å². The third-order valence-electron chi connectivity index (χ3n) is 3.52. The second-order valence-electron chi connectivity index (χ2n) is 4.94. The molecule has 1 aliphatic heterocycles. The number of aryl methyl sites for hydroxylation is 1. The molecule has 1 saturated heterocycles. The molecule has 0 aliphatic carbocycles. The maximum absolute atomic E-state index is 6.00. The van der Waals surface area contributed by atoms with E-state index in [1.165, 1.54) is 0 Å². The summed E-state index contributed by atoms with van der Waals surface area (Å²) in [6.07, 6.45) is 3.18. The molecule has 0 spiro atoms. The molecule has 3 rings (SSSR count). The van der Waals surface area contributed by atoms with Crippen LogP contribution in [0.4, 0.5) is 5.95 Å². The molecule has 110 valence electrons. The van der Waals surface area contributed by atoms with Crippen molar-refractivity contribution in [3.05, 3.63) is 35.1 Å². The van der Waals surface area contributed by atoms with E-state index in [9.17, 15) is 0 Å². The number of benzene rings is 1. The van der Waals surface area contributed by atoms with E-state index >= 15 is 0 Å². The Balaban J connectivity index is 1.88. The lowest BCUT2D eigenvalue weighted by molar-refractivity contribution is 0.434. The number of halogens is 1. The molecule has 0 N–H and O–H groups in total. The summed E-state index contributed by atoms with van der Waals surface area (Å²) in [5, 5.41) is 0.163. The monoisotopic (exact) mass is 304 g/mol. The largest absolute Gasteiger partial charge is 0.424 e. The number of rotatable bonds is 4. The van der Waals surface area contributed by atoms with Gasteiger partial charge in [-0.05, 0) is 42.5 Å². The van der Waals surface area contributed by atoms with Crippen molar-refractivity contribution in [1.29, 1.82) is 0 Å². The van der Waals surface area contributed by atoms with Gasteiger partial charge < -0.3 is 9.64 Å². The van der Waals surface area contributed by atoms with Crippen molar-refractivity contribution in [2.75, 3.05) is 18.0 Å². The summed E-state index contributed by atoms with van der Waals surface area (Å²) in [4.78, 5) is 14.7. The quantitative estimate of drug-likeness (QED) is 0.865. The van der Waals surface area contributed by atoms with Gasteiger partial charge in [0.25, 0.3) is 0 Å². The van der Waals surface area contributed by atoms with Crippen LogP contribution < -0.4 is 9.64 Å².